The maximum absolute atomic E-state index is 12.8. The Morgan fingerprint density at radius 2 is 2.11 bits per heavy atom. The molecule has 0 radical (unpaired) electrons. The summed E-state index contributed by atoms with van der Waals surface area (Å²) in [5.41, 5.74) is -0.131. The summed E-state index contributed by atoms with van der Waals surface area (Å²) in [7, 11) is 0. The van der Waals surface area contributed by atoms with Crippen LogP contribution in [0, 0.1) is 17.1 Å². The van der Waals surface area contributed by atoms with Crippen molar-refractivity contribution in [1.29, 1.82) is 5.26 Å². The van der Waals surface area contributed by atoms with Gasteiger partial charge in [0, 0.05) is 0 Å². The van der Waals surface area contributed by atoms with E-state index in [4.69, 9.17) is 5.26 Å². The standard InChI is InChI=1S/C11H8F4N2O2/c12-8-1-2-9(7(3-8)4-16)17-10(18)5-19-6-11(13,14)15/h1-3H,5-6H2,(H,17,18). The van der Waals surface area contributed by atoms with Crippen LogP contribution in [0.2, 0.25) is 0 Å². The van der Waals surface area contributed by atoms with Crippen molar-refractivity contribution in [2.24, 2.45) is 0 Å². The van der Waals surface area contributed by atoms with Crippen molar-refractivity contribution < 1.29 is 27.1 Å². The van der Waals surface area contributed by atoms with Crippen LogP contribution in [0.15, 0.2) is 18.2 Å². The number of nitriles is 1. The van der Waals surface area contributed by atoms with E-state index in [0.717, 1.165) is 18.2 Å². The van der Waals surface area contributed by atoms with E-state index in [1.807, 2.05) is 0 Å². The van der Waals surface area contributed by atoms with Gasteiger partial charge in [0.25, 0.3) is 0 Å². The van der Waals surface area contributed by atoms with Crippen LogP contribution in [0.3, 0.4) is 0 Å². The van der Waals surface area contributed by atoms with Gasteiger partial charge < -0.3 is 10.1 Å². The number of benzene rings is 1. The van der Waals surface area contributed by atoms with Gasteiger partial charge in [-0.2, -0.15) is 18.4 Å². The molecule has 1 aromatic rings. The Hall–Kier alpha value is -2.14. The molecule has 0 bridgehead atoms. The summed E-state index contributed by atoms with van der Waals surface area (Å²) in [4.78, 5) is 11.2. The topological polar surface area (TPSA) is 62.1 Å². The molecule has 0 aromatic heterocycles. The molecule has 19 heavy (non-hydrogen) atoms. The molecule has 0 aliphatic heterocycles. The number of hydrogen-bond donors (Lipinski definition) is 1. The second-order valence-electron chi connectivity index (χ2n) is 3.46. The number of nitrogens with one attached hydrogen (secondary N) is 1. The lowest BCUT2D eigenvalue weighted by Gasteiger charge is -2.09. The minimum Gasteiger partial charge on any atom is -0.362 e. The van der Waals surface area contributed by atoms with Crippen molar-refractivity contribution in [3.63, 3.8) is 0 Å². The van der Waals surface area contributed by atoms with Crippen LogP contribution in [0.25, 0.3) is 0 Å². The van der Waals surface area contributed by atoms with Crippen molar-refractivity contribution in [1.82, 2.24) is 0 Å². The van der Waals surface area contributed by atoms with E-state index in [-0.39, 0.29) is 11.3 Å². The maximum Gasteiger partial charge on any atom is 0.411 e. The van der Waals surface area contributed by atoms with Crippen LogP contribution >= 0.6 is 0 Å². The molecule has 0 saturated carbocycles. The normalized spacial score (nSPS) is 10.9. The summed E-state index contributed by atoms with van der Waals surface area (Å²) < 4.78 is 52.2. The van der Waals surface area contributed by atoms with E-state index in [1.165, 1.54) is 0 Å². The summed E-state index contributed by atoms with van der Waals surface area (Å²) >= 11 is 0. The molecule has 0 unspecified atom stereocenters. The Balaban J connectivity index is 2.56. The number of carbonyl (C=O) groups excluding carboxylic acids is 1. The highest BCUT2D eigenvalue weighted by Gasteiger charge is 2.27. The van der Waals surface area contributed by atoms with Gasteiger partial charge in [-0.1, -0.05) is 0 Å². The molecule has 102 valence electrons. The third-order valence-corrected chi connectivity index (χ3v) is 1.88. The van der Waals surface area contributed by atoms with E-state index in [0.29, 0.717) is 0 Å². The van der Waals surface area contributed by atoms with E-state index in [1.54, 1.807) is 6.07 Å². The van der Waals surface area contributed by atoms with Crippen LogP contribution < -0.4 is 5.32 Å². The van der Waals surface area contributed by atoms with Crippen LogP contribution in [0.5, 0.6) is 0 Å². The number of alkyl halides is 3. The average molecular weight is 276 g/mol. The van der Waals surface area contributed by atoms with Gasteiger partial charge in [-0.15, -0.1) is 0 Å². The quantitative estimate of drug-likeness (QED) is 0.858. The fourth-order valence-corrected chi connectivity index (χ4v) is 1.16. The Bertz CT molecular complexity index is 508. The maximum atomic E-state index is 12.8. The smallest absolute Gasteiger partial charge is 0.362 e. The lowest BCUT2D eigenvalue weighted by atomic mass is 10.2. The summed E-state index contributed by atoms with van der Waals surface area (Å²) in [5.74, 6) is -1.53. The molecular weight excluding hydrogens is 268 g/mol. The Morgan fingerprint density at radius 3 is 2.68 bits per heavy atom. The lowest BCUT2D eigenvalue weighted by Crippen LogP contribution is -2.24. The fraction of sp³-hybridized carbons (Fsp3) is 0.273. The predicted molar refractivity (Wildman–Crippen MR) is 56.6 cm³/mol. The van der Waals surface area contributed by atoms with Crippen molar-refractivity contribution in [2.45, 2.75) is 6.18 Å². The third kappa shape index (κ3) is 5.35. The van der Waals surface area contributed by atoms with E-state index in [2.05, 4.69) is 10.1 Å². The van der Waals surface area contributed by atoms with Gasteiger partial charge in [-0.3, -0.25) is 4.79 Å². The number of hydrogen-bond acceptors (Lipinski definition) is 3. The lowest BCUT2D eigenvalue weighted by molar-refractivity contribution is -0.174. The van der Waals surface area contributed by atoms with E-state index < -0.39 is 31.1 Å². The first-order valence-electron chi connectivity index (χ1n) is 4.96. The summed E-state index contributed by atoms with van der Waals surface area (Å²) in [5, 5.41) is 10.8. The first-order chi connectivity index (χ1) is 8.81. The van der Waals surface area contributed by atoms with Gasteiger partial charge in [0.05, 0.1) is 11.3 Å². The van der Waals surface area contributed by atoms with Gasteiger partial charge >= 0.3 is 6.18 Å². The van der Waals surface area contributed by atoms with Gasteiger partial charge in [0.2, 0.25) is 5.91 Å². The zero-order valence-corrected chi connectivity index (χ0v) is 9.42. The molecule has 8 heteroatoms. The Kier molecular flexibility index (Phi) is 4.83. The van der Waals surface area contributed by atoms with Gasteiger partial charge in [-0.25, -0.2) is 4.39 Å². The first kappa shape index (κ1) is 14.9. The highest BCUT2D eigenvalue weighted by molar-refractivity contribution is 5.92. The molecule has 0 aliphatic carbocycles. The number of rotatable bonds is 4. The van der Waals surface area contributed by atoms with Crippen molar-refractivity contribution in [3.8, 4) is 6.07 Å². The molecule has 0 saturated heterocycles. The molecule has 1 N–H and O–H groups in total. The van der Waals surface area contributed by atoms with E-state index in [9.17, 15) is 22.4 Å². The van der Waals surface area contributed by atoms with Gasteiger partial charge in [-0.05, 0) is 18.2 Å². The molecule has 1 rings (SSSR count). The molecule has 1 amide bonds. The molecule has 4 nitrogen and oxygen atoms in total. The average Bonchev–Trinajstić information content (AvgIpc) is 2.29. The number of nitrogens with zero attached hydrogens (tertiary/aromatic N) is 1. The Labute approximate surface area is 105 Å². The number of anilines is 1. The number of ether oxygens (including phenoxy) is 1. The highest BCUT2D eigenvalue weighted by atomic mass is 19.4. The Morgan fingerprint density at radius 1 is 1.42 bits per heavy atom. The molecular formula is C11H8F4N2O2. The predicted octanol–water partition coefficient (Wildman–Crippen LogP) is 2.21. The first-order valence-corrected chi connectivity index (χ1v) is 4.96. The minimum atomic E-state index is -4.52. The van der Waals surface area contributed by atoms with Crippen molar-refractivity contribution >= 4 is 11.6 Å². The zero-order valence-electron chi connectivity index (χ0n) is 9.42. The number of halogens is 4. The van der Waals surface area contributed by atoms with Crippen LogP contribution in [0.4, 0.5) is 23.2 Å². The highest BCUT2D eigenvalue weighted by Crippen LogP contribution is 2.16. The fourth-order valence-electron chi connectivity index (χ4n) is 1.16. The number of carbonyl (C=O) groups is 1. The molecule has 0 spiro atoms. The largest absolute Gasteiger partial charge is 0.411 e. The van der Waals surface area contributed by atoms with Crippen molar-refractivity contribution in [2.75, 3.05) is 18.5 Å². The third-order valence-electron chi connectivity index (χ3n) is 1.88. The second-order valence-corrected chi connectivity index (χ2v) is 3.46. The monoisotopic (exact) mass is 276 g/mol. The SMILES string of the molecule is N#Cc1cc(F)ccc1NC(=O)COCC(F)(F)F. The van der Waals surface area contributed by atoms with Gasteiger partial charge in [0.15, 0.2) is 0 Å². The molecule has 1 aromatic carbocycles. The molecule has 0 fully saturated rings. The molecule has 0 atom stereocenters. The molecule has 0 aliphatic rings. The van der Waals surface area contributed by atoms with Crippen LogP contribution in [-0.2, 0) is 9.53 Å². The minimum absolute atomic E-state index is 0.00417. The molecule has 0 heterocycles. The van der Waals surface area contributed by atoms with Crippen molar-refractivity contribution in [3.05, 3.63) is 29.6 Å². The van der Waals surface area contributed by atoms with Gasteiger partial charge in [0.1, 0.15) is 25.1 Å². The van der Waals surface area contributed by atoms with Crippen LogP contribution in [0.1, 0.15) is 5.56 Å². The zero-order chi connectivity index (χ0) is 14.5. The summed E-state index contributed by atoms with van der Waals surface area (Å²) in [6.45, 7) is -2.36. The van der Waals surface area contributed by atoms with Crippen LogP contribution in [-0.4, -0.2) is 25.3 Å². The van der Waals surface area contributed by atoms with E-state index >= 15 is 0 Å². The number of amides is 1. The summed E-state index contributed by atoms with van der Waals surface area (Å²) in [6.07, 6.45) is -4.52. The second kappa shape index (κ2) is 6.15. The summed E-state index contributed by atoms with van der Waals surface area (Å²) in [6, 6.07) is 4.68.